The molecule has 0 aliphatic heterocycles. The lowest BCUT2D eigenvalue weighted by molar-refractivity contribution is -0.121. The fraction of sp³-hybridized carbons (Fsp3) is 0.889. The minimum atomic E-state index is 0.0903. The number of hydrogen-bond acceptors (Lipinski definition) is 2. The highest BCUT2D eigenvalue weighted by Gasteiger charge is 2.52. The zero-order valence-electron chi connectivity index (χ0n) is 13.7. The third kappa shape index (κ3) is 3.17. The molecule has 0 saturated heterocycles. The largest absolute Gasteiger partial charge is 0.273 e. The molecule has 3 nitrogen and oxygen atoms in total. The van der Waals surface area contributed by atoms with Crippen LogP contribution >= 0.6 is 0 Å². The molecule has 0 spiro atoms. The second kappa shape index (κ2) is 6.10. The van der Waals surface area contributed by atoms with Crippen LogP contribution in [0.25, 0.3) is 0 Å². The van der Waals surface area contributed by atoms with Gasteiger partial charge in [0, 0.05) is 17.5 Å². The normalized spacial score (nSPS) is 37.8. The van der Waals surface area contributed by atoms with Crippen molar-refractivity contribution in [2.45, 2.75) is 78.1 Å². The fourth-order valence-electron chi connectivity index (χ4n) is 5.41. The number of carbonyl (C=O) groups excluding carboxylic acids is 1. The molecule has 4 bridgehead atoms. The molecule has 118 valence electrons. The zero-order chi connectivity index (χ0) is 14.9. The average Bonchev–Trinajstić information content (AvgIpc) is 2.43. The van der Waals surface area contributed by atoms with Gasteiger partial charge in [-0.2, -0.15) is 5.10 Å². The Morgan fingerprint density at radius 3 is 2.19 bits per heavy atom. The van der Waals surface area contributed by atoms with Gasteiger partial charge in [-0.3, -0.25) is 4.79 Å². The summed E-state index contributed by atoms with van der Waals surface area (Å²) < 4.78 is 0. The van der Waals surface area contributed by atoms with Gasteiger partial charge in [0.25, 0.3) is 0 Å². The van der Waals surface area contributed by atoms with Crippen LogP contribution in [-0.2, 0) is 4.79 Å². The summed E-state index contributed by atoms with van der Waals surface area (Å²) in [5.74, 6) is 2.89. The van der Waals surface area contributed by atoms with Gasteiger partial charge in [-0.25, -0.2) is 5.43 Å². The van der Waals surface area contributed by atoms with Crippen molar-refractivity contribution in [1.29, 1.82) is 0 Å². The fourth-order valence-corrected chi connectivity index (χ4v) is 5.41. The molecule has 0 aromatic carbocycles. The van der Waals surface area contributed by atoms with Gasteiger partial charge in [0.15, 0.2) is 0 Å². The highest BCUT2D eigenvalue weighted by Crippen LogP contribution is 2.60. The van der Waals surface area contributed by atoms with E-state index in [1.54, 1.807) is 0 Å². The maximum atomic E-state index is 11.8. The molecule has 4 fully saturated rings. The summed E-state index contributed by atoms with van der Waals surface area (Å²) in [6.07, 6.45) is 12.2. The maximum Gasteiger partial charge on any atom is 0.240 e. The van der Waals surface area contributed by atoms with Gasteiger partial charge in [0.05, 0.1) is 0 Å². The van der Waals surface area contributed by atoms with Crippen LogP contribution in [-0.4, -0.2) is 11.6 Å². The first kappa shape index (κ1) is 15.1. The molecule has 21 heavy (non-hydrogen) atoms. The van der Waals surface area contributed by atoms with Crippen LogP contribution in [0.5, 0.6) is 0 Å². The Morgan fingerprint density at radius 1 is 1.10 bits per heavy atom. The van der Waals surface area contributed by atoms with E-state index in [1.807, 2.05) is 0 Å². The Balaban J connectivity index is 1.58. The van der Waals surface area contributed by atoms with Crippen molar-refractivity contribution < 1.29 is 4.79 Å². The predicted octanol–water partition coefficient (Wildman–Crippen LogP) is 4.28. The van der Waals surface area contributed by atoms with Gasteiger partial charge in [-0.1, -0.05) is 19.8 Å². The Hall–Kier alpha value is -0.860. The number of carbonyl (C=O) groups is 1. The standard InChI is InChI=1S/C18H30N2O/c1-3-4-5-6-17(21)20-19-13(2)18-10-14-7-15(11-18)9-16(8-14)12-18/h14-16H,3-12H2,1-2H3,(H,20,21)/b19-13+. The Kier molecular flexibility index (Phi) is 4.37. The molecule has 0 aromatic rings. The van der Waals surface area contributed by atoms with Gasteiger partial charge >= 0.3 is 0 Å². The molecular weight excluding hydrogens is 260 g/mol. The van der Waals surface area contributed by atoms with Gasteiger partial charge in [-0.15, -0.1) is 0 Å². The number of hydrogen-bond donors (Lipinski definition) is 1. The van der Waals surface area contributed by atoms with E-state index in [0.29, 0.717) is 11.8 Å². The van der Waals surface area contributed by atoms with Crippen molar-refractivity contribution in [3.63, 3.8) is 0 Å². The van der Waals surface area contributed by atoms with E-state index in [-0.39, 0.29) is 5.91 Å². The van der Waals surface area contributed by atoms with E-state index in [2.05, 4.69) is 24.4 Å². The monoisotopic (exact) mass is 290 g/mol. The molecule has 0 heterocycles. The second-order valence-electron chi connectivity index (χ2n) is 7.89. The van der Waals surface area contributed by atoms with Crippen LogP contribution in [0.3, 0.4) is 0 Å². The molecule has 0 radical (unpaired) electrons. The lowest BCUT2D eigenvalue weighted by Crippen LogP contribution is -2.49. The second-order valence-corrected chi connectivity index (χ2v) is 7.89. The summed E-state index contributed by atoms with van der Waals surface area (Å²) in [6, 6.07) is 0. The van der Waals surface area contributed by atoms with Crippen molar-refractivity contribution in [3.8, 4) is 0 Å². The average molecular weight is 290 g/mol. The quantitative estimate of drug-likeness (QED) is 0.443. The SMILES string of the molecule is CCCCCC(=O)N/N=C(\C)C12CC3CC(CC(C3)C1)C2. The number of nitrogens with one attached hydrogen (secondary N) is 1. The van der Waals surface area contributed by atoms with Crippen LogP contribution < -0.4 is 5.43 Å². The molecule has 3 heteroatoms. The van der Waals surface area contributed by atoms with Crippen molar-refractivity contribution in [3.05, 3.63) is 0 Å². The van der Waals surface area contributed by atoms with Crippen LogP contribution in [0.4, 0.5) is 0 Å². The first-order valence-corrected chi connectivity index (χ1v) is 8.95. The van der Waals surface area contributed by atoms with E-state index < -0.39 is 0 Å². The highest BCUT2D eigenvalue weighted by atomic mass is 16.2. The minimum absolute atomic E-state index is 0.0903. The Bertz CT molecular complexity index is 392. The molecular formula is C18H30N2O. The number of rotatable bonds is 6. The Morgan fingerprint density at radius 2 is 1.67 bits per heavy atom. The summed E-state index contributed by atoms with van der Waals surface area (Å²) >= 11 is 0. The maximum absolute atomic E-state index is 11.8. The topological polar surface area (TPSA) is 41.5 Å². The van der Waals surface area contributed by atoms with Crippen molar-refractivity contribution >= 4 is 11.6 Å². The van der Waals surface area contributed by atoms with Crippen LogP contribution in [0.15, 0.2) is 5.10 Å². The molecule has 4 rings (SSSR count). The number of unbranched alkanes of at least 4 members (excludes halogenated alkanes) is 2. The van der Waals surface area contributed by atoms with E-state index in [9.17, 15) is 4.79 Å². The summed E-state index contributed by atoms with van der Waals surface area (Å²) in [7, 11) is 0. The number of nitrogens with zero attached hydrogens (tertiary/aromatic N) is 1. The van der Waals surface area contributed by atoms with Crippen LogP contribution in [0.2, 0.25) is 0 Å². The van der Waals surface area contributed by atoms with Gasteiger partial charge < -0.3 is 0 Å². The van der Waals surface area contributed by atoms with Gasteiger partial charge in [0.2, 0.25) is 5.91 Å². The minimum Gasteiger partial charge on any atom is -0.273 e. The summed E-state index contributed by atoms with van der Waals surface area (Å²) in [5.41, 5.74) is 4.34. The first-order chi connectivity index (χ1) is 10.1. The third-order valence-electron chi connectivity index (χ3n) is 6.16. The number of hydrazone groups is 1. The van der Waals surface area contributed by atoms with Crippen molar-refractivity contribution in [2.75, 3.05) is 0 Å². The van der Waals surface area contributed by atoms with E-state index in [1.165, 1.54) is 44.2 Å². The van der Waals surface area contributed by atoms with E-state index >= 15 is 0 Å². The molecule has 4 aliphatic rings. The van der Waals surface area contributed by atoms with Crippen LogP contribution in [0, 0.1) is 23.2 Å². The van der Waals surface area contributed by atoms with Crippen LogP contribution in [0.1, 0.15) is 78.1 Å². The molecule has 0 unspecified atom stereocenters. The molecule has 0 atom stereocenters. The molecule has 1 N–H and O–H groups in total. The zero-order valence-corrected chi connectivity index (χ0v) is 13.7. The third-order valence-corrected chi connectivity index (χ3v) is 6.16. The van der Waals surface area contributed by atoms with Crippen molar-refractivity contribution in [2.24, 2.45) is 28.3 Å². The van der Waals surface area contributed by atoms with Gasteiger partial charge in [0.1, 0.15) is 0 Å². The smallest absolute Gasteiger partial charge is 0.240 e. The van der Waals surface area contributed by atoms with E-state index in [4.69, 9.17) is 0 Å². The number of amides is 1. The molecule has 4 saturated carbocycles. The molecule has 0 aromatic heterocycles. The lowest BCUT2D eigenvalue weighted by Gasteiger charge is -2.56. The highest BCUT2D eigenvalue weighted by molar-refractivity contribution is 5.89. The summed E-state index contributed by atoms with van der Waals surface area (Å²) in [4.78, 5) is 11.8. The van der Waals surface area contributed by atoms with E-state index in [0.717, 1.165) is 37.0 Å². The van der Waals surface area contributed by atoms with Crippen molar-refractivity contribution in [1.82, 2.24) is 5.43 Å². The Labute approximate surface area is 129 Å². The molecule has 1 amide bonds. The summed E-state index contributed by atoms with van der Waals surface area (Å²) in [6.45, 7) is 4.31. The lowest BCUT2D eigenvalue weighted by atomic mass is 9.48. The summed E-state index contributed by atoms with van der Waals surface area (Å²) in [5, 5.41) is 4.51. The first-order valence-electron chi connectivity index (χ1n) is 8.95. The molecule has 4 aliphatic carbocycles. The predicted molar refractivity (Wildman–Crippen MR) is 86.0 cm³/mol. The van der Waals surface area contributed by atoms with Gasteiger partial charge in [-0.05, 0) is 69.6 Å².